The Morgan fingerprint density at radius 3 is 2.80 bits per heavy atom. The van der Waals surface area contributed by atoms with Crippen molar-refractivity contribution in [1.82, 2.24) is 19.9 Å². The molecule has 15 heavy (non-hydrogen) atoms. The predicted octanol–water partition coefficient (Wildman–Crippen LogP) is -1.78. The fourth-order valence-corrected chi connectivity index (χ4v) is 1.20. The van der Waals surface area contributed by atoms with Crippen molar-refractivity contribution in [2.75, 3.05) is 12.3 Å². The summed E-state index contributed by atoms with van der Waals surface area (Å²) in [5, 5.41) is 8.82. The molecule has 2 aromatic rings. The highest BCUT2D eigenvalue weighted by Gasteiger charge is 2.13. The van der Waals surface area contributed by atoms with E-state index in [9.17, 15) is 4.79 Å². The van der Waals surface area contributed by atoms with Crippen LogP contribution in [-0.4, -0.2) is 31.6 Å². The number of imidazole rings is 1. The van der Waals surface area contributed by atoms with Gasteiger partial charge in [-0.2, -0.15) is 4.98 Å². The molecule has 8 nitrogen and oxygen atoms in total. The minimum Gasteiger partial charge on any atom is -0.394 e. The molecule has 1 unspecified atom stereocenters. The van der Waals surface area contributed by atoms with Gasteiger partial charge in [-0.1, -0.05) is 0 Å². The summed E-state index contributed by atoms with van der Waals surface area (Å²) in [5.41, 5.74) is 10.8. The molecule has 0 radical (unpaired) electrons. The van der Waals surface area contributed by atoms with E-state index in [0.717, 1.165) is 0 Å². The van der Waals surface area contributed by atoms with Gasteiger partial charge in [0.15, 0.2) is 11.2 Å². The number of aliphatic hydroxyl groups is 1. The number of anilines is 1. The number of rotatable bonds is 2. The second-order valence-corrected chi connectivity index (χ2v) is 3.06. The van der Waals surface area contributed by atoms with Crippen LogP contribution in [0.5, 0.6) is 0 Å². The van der Waals surface area contributed by atoms with Crippen LogP contribution < -0.4 is 17.0 Å². The highest BCUT2D eigenvalue weighted by atomic mass is 16.3. The van der Waals surface area contributed by atoms with Gasteiger partial charge in [0.2, 0.25) is 5.95 Å². The maximum absolute atomic E-state index is 11.4. The summed E-state index contributed by atoms with van der Waals surface area (Å²) in [6.45, 7) is -0.271. The van der Waals surface area contributed by atoms with Crippen LogP contribution in [0.25, 0.3) is 11.2 Å². The van der Waals surface area contributed by atoms with E-state index in [-0.39, 0.29) is 23.7 Å². The Kier molecular flexibility index (Phi) is 2.14. The predicted molar refractivity (Wildman–Crippen MR) is 52.9 cm³/mol. The second kappa shape index (κ2) is 3.33. The molecule has 0 saturated heterocycles. The molecule has 0 amide bonds. The maximum Gasteiger partial charge on any atom is 0.278 e. The first-order chi connectivity index (χ1) is 7.11. The Hall–Kier alpha value is -1.93. The minimum absolute atomic E-state index is 0.0110. The summed E-state index contributed by atoms with van der Waals surface area (Å²) in [4.78, 5) is 24.1. The third-order valence-corrected chi connectivity index (χ3v) is 1.95. The number of hydrogen-bond acceptors (Lipinski definition) is 6. The maximum atomic E-state index is 11.4. The van der Waals surface area contributed by atoms with Crippen molar-refractivity contribution in [3.63, 3.8) is 0 Å². The van der Waals surface area contributed by atoms with Gasteiger partial charge >= 0.3 is 0 Å². The molecular weight excluding hydrogens is 200 g/mol. The molecular formula is C7H10N6O2. The first kappa shape index (κ1) is 9.62. The van der Waals surface area contributed by atoms with E-state index in [2.05, 4.69) is 19.9 Å². The molecule has 0 bridgehead atoms. The van der Waals surface area contributed by atoms with Gasteiger partial charge in [0.1, 0.15) is 5.82 Å². The average molecular weight is 210 g/mol. The summed E-state index contributed by atoms with van der Waals surface area (Å²) in [5.74, 6) is 0.291. The Balaban J connectivity index is 2.65. The van der Waals surface area contributed by atoms with E-state index in [4.69, 9.17) is 16.6 Å². The topological polar surface area (TPSA) is 147 Å². The molecule has 0 aliphatic heterocycles. The first-order valence-corrected chi connectivity index (χ1v) is 4.23. The van der Waals surface area contributed by atoms with Gasteiger partial charge in [0.25, 0.3) is 5.56 Å². The molecule has 2 heterocycles. The number of aromatic amines is 2. The molecule has 80 valence electrons. The summed E-state index contributed by atoms with van der Waals surface area (Å²) in [6.07, 6.45) is 0. The van der Waals surface area contributed by atoms with Crippen LogP contribution in [0.1, 0.15) is 11.9 Å². The number of fused-ring (bicyclic) bond motifs is 1. The minimum atomic E-state index is -0.667. The molecule has 1 atom stereocenters. The van der Waals surface area contributed by atoms with Gasteiger partial charge in [0, 0.05) is 0 Å². The normalized spacial score (nSPS) is 13.2. The van der Waals surface area contributed by atoms with E-state index in [0.29, 0.717) is 5.82 Å². The SMILES string of the molecule is Nc1nc2nc(C(N)CO)[nH]c2c(=O)[nH]1. The standard InChI is InChI=1S/C7H10N6O2/c8-2(1-14)4-10-3-5(11-4)12-7(9)13-6(3)15/h2,14H,1,8H2,(H4,9,10,11,12,13,15). The molecule has 0 aliphatic rings. The third-order valence-electron chi connectivity index (χ3n) is 1.95. The van der Waals surface area contributed by atoms with Crippen molar-refractivity contribution >= 4 is 17.1 Å². The number of nitrogen functional groups attached to an aromatic ring is 1. The number of nitrogens with two attached hydrogens (primary N) is 2. The van der Waals surface area contributed by atoms with Crippen molar-refractivity contribution in [2.45, 2.75) is 6.04 Å². The average Bonchev–Trinajstić information content (AvgIpc) is 2.60. The zero-order chi connectivity index (χ0) is 11.0. The van der Waals surface area contributed by atoms with Crippen LogP contribution in [0.3, 0.4) is 0 Å². The Morgan fingerprint density at radius 2 is 2.13 bits per heavy atom. The largest absolute Gasteiger partial charge is 0.394 e. The number of nitrogens with one attached hydrogen (secondary N) is 2. The van der Waals surface area contributed by atoms with Crippen LogP contribution in [-0.2, 0) is 0 Å². The lowest BCUT2D eigenvalue weighted by molar-refractivity contribution is 0.264. The van der Waals surface area contributed by atoms with E-state index in [1.807, 2.05) is 0 Å². The van der Waals surface area contributed by atoms with Crippen molar-refractivity contribution in [2.24, 2.45) is 5.73 Å². The van der Waals surface area contributed by atoms with Gasteiger partial charge in [-0.25, -0.2) is 4.98 Å². The summed E-state index contributed by atoms with van der Waals surface area (Å²) < 4.78 is 0. The Morgan fingerprint density at radius 1 is 1.40 bits per heavy atom. The fourth-order valence-electron chi connectivity index (χ4n) is 1.20. The Labute approximate surface area is 83.3 Å². The summed E-state index contributed by atoms with van der Waals surface area (Å²) in [7, 11) is 0. The molecule has 0 aromatic carbocycles. The van der Waals surface area contributed by atoms with Crippen LogP contribution in [0.15, 0.2) is 4.79 Å². The fraction of sp³-hybridized carbons (Fsp3) is 0.286. The van der Waals surface area contributed by atoms with Crippen LogP contribution >= 0.6 is 0 Å². The molecule has 2 aromatic heterocycles. The highest BCUT2D eigenvalue weighted by Crippen LogP contribution is 2.09. The van der Waals surface area contributed by atoms with E-state index in [1.54, 1.807) is 0 Å². The molecule has 7 N–H and O–H groups in total. The van der Waals surface area contributed by atoms with Gasteiger partial charge in [-0.3, -0.25) is 9.78 Å². The second-order valence-electron chi connectivity index (χ2n) is 3.06. The van der Waals surface area contributed by atoms with Crippen molar-refractivity contribution in [3.8, 4) is 0 Å². The monoisotopic (exact) mass is 210 g/mol. The summed E-state index contributed by atoms with van der Waals surface area (Å²) in [6, 6.07) is -0.667. The van der Waals surface area contributed by atoms with Crippen molar-refractivity contribution in [3.05, 3.63) is 16.2 Å². The van der Waals surface area contributed by atoms with Gasteiger partial charge in [-0.05, 0) is 0 Å². The number of aromatic nitrogens is 4. The number of nitrogens with zero attached hydrogens (tertiary/aromatic N) is 2. The van der Waals surface area contributed by atoms with Crippen molar-refractivity contribution in [1.29, 1.82) is 0 Å². The van der Waals surface area contributed by atoms with Crippen LogP contribution in [0, 0.1) is 0 Å². The number of aliphatic hydroxyl groups excluding tert-OH is 1. The van der Waals surface area contributed by atoms with Gasteiger partial charge in [-0.15, -0.1) is 0 Å². The van der Waals surface area contributed by atoms with Crippen LogP contribution in [0.2, 0.25) is 0 Å². The quantitative estimate of drug-likeness (QED) is 0.396. The van der Waals surface area contributed by atoms with Crippen molar-refractivity contribution < 1.29 is 5.11 Å². The lowest BCUT2D eigenvalue weighted by Crippen LogP contribution is -2.16. The first-order valence-electron chi connectivity index (χ1n) is 4.23. The molecule has 0 fully saturated rings. The highest BCUT2D eigenvalue weighted by molar-refractivity contribution is 5.70. The van der Waals surface area contributed by atoms with Gasteiger partial charge in [0.05, 0.1) is 12.6 Å². The molecule has 0 aliphatic carbocycles. The smallest absolute Gasteiger partial charge is 0.278 e. The molecule has 0 spiro atoms. The zero-order valence-electron chi connectivity index (χ0n) is 7.69. The molecule has 8 heteroatoms. The van der Waals surface area contributed by atoms with E-state index < -0.39 is 11.6 Å². The molecule has 0 saturated carbocycles. The zero-order valence-corrected chi connectivity index (χ0v) is 7.69. The third kappa shape index (κ3) is 1.55. The number of H-pyrrole nitrogens is 2. The Bertz CT molecular complexity index is 544. The lowest BCUT2D eigenvalue weighted by Gasteiger charge is -2.01. The molecule has 2 rings (SSSR count). The van der Waals surface area contributed by atoms with Gasteiger partial charge < -0.3 is 21.6 Å². The van der Waals surface area contributed by atoms with Crippen LogP contribution in [0.4, 0.5) is 5.95 Å². The lowest BCUT2D eigenvalue weighted by atomic mass is 10.3. The number of hydrogen-bond donors (Lipinski definition) is 5. The van der Waals surface area contributed by atoms with E-state index >= 15 is 0 Å². The van der Waals surface area contributed by atoms with E-state index in [1.165, 1.54) is 0 Å². The summed E-state index contributed by atoms with van der Waals surface area (Å²) >= 11 is 0.